The lowest BCUT2D eigenvalue weighted by molar-refractivity contribution is -0.696. The molecule has 6 heteroatoms. The molecule has 2 rings (SSSR count). The zero-order valence-corrected chi connectivity index (χ0v) is 15.4. The number of rotatable bonds is 6. The number of nitrogens with zero attached hydrogens (tertiary/aromatic N) is 2. The number of aromatic nitrogens is 1. The Hall–Kier alpha value is -1.76. The molecule has 0 saturated heterocycles. The average Bonchev–Trinajstić information content (AvgIpc) is 2.57. The monoisotopic (exact) mass is 350 g/mol. The van der Waals surface area contributed by atoms with Gasteiger partial charge in [0.25, 0.3) is 0 Å². The normalized spacial score (nSPS) is 11.0. The third-order valence-corrected chi connectivity index (χ3v) is 4.51. The van der Waals surface area contributed by atoms with E-state index >= 15 is 0 Å². The smallest absolute Gasteiger partial charge is 0.168 e. The molecular formula is C18H26N2O3S. The molecule has 24 heavy (non-hydrogen) atoms. The fourth-order valence-electron chi connectivity index (χ4n) is 2.09. The third-order valence-electron chi connectivity index (χ3n) is 3.66. The van der Waals surface area contributed by atoms with Gasteiger partial charge in [0.05, 0.1) is 11.4 Å². The summed E-state index contributed by atoms with van der Waals surface area (Å²) >= 11 is 0. The van der Waals surface area contributed by atoms with Crippen LogP contribution in [-0.2, 0) is 16.7 Å². The summed E-state index contributed by atoms with van der Waals surface area (Å²) in [6.07, 6.45) is 4.23. The van der Waals surface area contributed by atoms with Gasteiger partial charge in [0, 0.05) is 12.1 Å². The molecule has 2 aromatic rings. The molecule has 0 fully saturated rings. The maximum Gasteiger partial charge on any atom is 0.168 e. The van der Waals surface area contributed by atoms with Gasteiger partial charge < -0.3 is 4.55 Å². The van der Waals surface area contributed by atoms with Crippen molar-refractivity contribution >= 4 is 10.1 Å². The van der Waals surface area contributed by atoms with Gasteiger partial charge in [-0.1, -0.05) is 37.6 Å². The van der Waals surface area contributed by atoms with Crippen LogP contribution in [0.3, 0.4) is 0 Å². The SMILES string of the molecule is CCN(CC)CC[n+]1ccccc1.Cc1ccc(S(=O)(=O)[O-])cc1. The Morgan fingerprint density at radius 3 is 2.00 bits per heavy atom. The van der Waals surface area contributed by atoms with Crippen molar-refractivity contribution in [3.8, 4) is 0 Å². The molecule has 0 N–H and O–H groups in total. The molecule has 132 valence electrons. The number of benzene rings is 1. The van der Waals surface area contributed by atoms with Crippen LogP contribution < -0.4 is 4.57 Å². The van der Waals surface area contributed by atoms with E-state index in [0.717, 1.165) is 31.7 Å². The average molecular weight is 350 g/mol. The van der Waals surface area contributed by atoms with E-state index in [1.54, 1.807) is 12.1 Å². The molecule has 0 aliphatic heterocycles. The van der Waals surface area contributed by atoms with Gasteiger partial charge in [0.1, 0.15) is 10.1 Å². The van der Waals surface area contributed by atoms with E-state index in [-0.39, 0.29) is 4.90 Å². The number of pyridine rings is 1. The van der Waals surface area contributed by atoms with E-state index in [1.165, 1.54) is 12.1 Å². The number of aryl methyl sites for hydroxylation is 1. The Bertz CT molecular complexity index is 682. The Morgan fingerprint density at radius 1 is 1.00 bits per heavy atom. The van der Waals surface area contributed by atoms with Gasteiger partial charge in [-0.15, -0.1) is 0 Å². The number of hydrogen-bond acceptors (Lipinski definition) is 4. The van der Waals surface area contributed by atoms with E-state index in [9.17, 15) is 13.0 Å². The van der Waals surface area contributed by atoms with Crippen LogP contribution in [0.4, 0.5) is 0 Å². The molecule has 0 spiro atoms. The van der Waals surface area contributed by atoms with Crippen molar-refractivity contribution < 1.29 is 17.5 Å². The van der Waals surface area contributed by atoms with Gasteiger partial charge >= 0.3 is 0 Å². The van der Waals surface area contributed by atoms with E-state index in [4.69, 9.17) is 0 Å². The lowest BCUT2D eigenvalue weighted by atomic mass is 10.2. The molecule has 0 atom stereocenters. The standard InChI is InChI=1S/C11H19N2.C7H8O3S/c1-3-12(4-2)10-11-13-8-6-5-7-9-13;1-6-2-4-7(5-3-6)11(8,9)10/h5-9H,3-4,10-11H2,1-2H3;2-5H,1H3,(H,8,9,10)/q+1;/p-1. The van der Waals surface area contributed by atoms with Crippen molar-refractivity contribution in [2.24, 2.45) is 0 Å². The van der Waals surface area contributed by atoms with E-state index < -0.39 is 10.1 Å². The van der Waals surface area contributed by atoms with Crippen molar-refractivity contribution in [2.45, 2.75) is 32.2 Å². The predicted octanol–water partition coefficient (Wildman–Crippen LogP) is 2.22. The number of hydrogen-bond donors (Lipinski definition) is 0. The highest BCUT2D eigenvalue weighted by Crippen LogP contribution is 2.08. The highest BCUT2D eigenvalue weighted by molar-refractivity contribution is 7.85. The molecule has 0 bridgehead atoms. The van der Waals surface area contributed by atoms with Crippen LogP contribution >= 0.6 is 0 Å². The molecule has 0 radical (unpaired) electrons. The molecule has 5 nitrogen and oxygen atoms in total. The van der Waals surface area contributed by atoms with Crippen molar-refractivity contribution in [1.29, 1.82) is 0 Å². The maximum atomic E-state index is 10.4. The van der Waals surface area contributed by atoms with E-state index in [1.807, 2.05) is 13.0 Å². The Morgan fingerprint density at radius 2 is 1.54 bits per heavy atom. The van der Waals surface area contributed by atoms with Crippen LogP contribution in [0.5, 0.6) is 0 Å². The fraction of sp³-hybridized carbons (Fsp3) is 0.389. The van der Waals surface area contributed by atoms with Crippen molar-refractivity contribution in [3.05, 3.63) is 60.4 Å². The summed E-state index contributed by atoms with van der Waals surface area (Å²) in [4.78, 5) is 2.25. The molecular weight excluding hydrogens is 324 g/mol. The van der Waals surface area contributed by atoms with Crippen molar-refractivity contribution in [2.75, 3.05) is 19.6 Å². The summed E-state index contributed by atoms with van der Waals surface area (Å²) < 4.78 is 33.4. The third kappa shape index (κ3) is 7.68. The highest BCUT2D eigenvalue weighted by atomic mass is 32.2. The fourth-order valence-corrected chi connectivity index (χ4v) is 2.55. The zero-order chi connectivity index (χ0) is 18.0. The first-order chi connectivity index (χ1) is 11.4. The van der Waals surface area contributed by atoms with E-state index in [2.05, 4.69) is 47.8 Å². The first kappa shape index (κ1) is 20.3. The van der Waals surface area contributed by atoms with Crippen LogP contribution in [-0.4, -0.2) is 37.5 Å². The second-order valence-corrected chi connectivity index (χ2v) is 6.79. The van der Waals surface area contributed by atoms with Gasteiger partial charge in [0.15, 0.2) is 18.9 Å². The summed E-state index contributed by atoms with van der Waals surface area (Å²) in [5, 5.41) is 0. The first-order valence-corrected chi connectivity index (χ1v) is 9.46. The maximum absolute atomic E-state index is 10.4. The molecule has 0 saturated carbocycles. The lowest BCUT2D eigenvalue weighted by Gasteiger charge is -2.15. The van der Waals surface area contributed by atoms with Crippen LogP contribution in [0.1, 0.15) is 19.4 Å². The van der Waals surface area contributed by atoms with Crippen LogP contribution in [0, 0.1) is 6.92 Å². The first-order valence-electron chi connectivity index (χ1n) is 8.05. The van der Waals surface area contributed by atoms with Gasteiger partial charge in [-0.3, -0.25) is 4.90 Å². The summed E-state index contributed by atoms with van der Waals surface area (Å²) in [6, 6.07) is 12.0. The van der Waals surface area contributed by atoms with Gasteiger partial charge in [-0.25, -0.2) is 13.0 Å². The minimum absolute atomic E-state index is 0.178. The zero-order valence-electron chi connectivity index (χ0n) is 14.6. The molecule has 0 aliphatic rings. The molecule has 1 aromatic heterocycles. The van der Waals surface area contributed by atoms with Gasteiger partial charge in [-0.05, 0) is 32.1 Å². The Balaban J connectivity index is 0.000000243. The topological polar surface area (TPSA) is 64.3 Å². The second-order valence-electron chi connectivity index (χ2n) is 5.41. The van der Waals surface area contributed by atoms with E-state index in [0.29, 0.717) is 0 Å². The van der Waals surface area contributed by atoms with Crippen molar-refractivity contribution in [1.82, 2.24) is 4.90 Å². The predicted molar refractivity (Wildman–Crippen MR) is 93.6 cm³/mol. The largest absolute Gasteiger partial charge is 0.744 e. The summed E-state index contributed by atoms with van der Waals surface area (Å²) in [5.74, 6) is 0. The highest BCUT2D eigenvalue weighted by Gasteiger charge is 2.02. The number of likely N-dealkylation sites (N-methyl/N-ethyl adjacent to an activating group) is 1. The minimum Gasteiger partial charge on any atom is -0.744 e. The Kier molecular flexibility index (Phi) is 8.60. The Labute approximate surface area is 145 Å². The second kappa shape index (κ2) is 10.2. The molecule has 0 unspecified atom stereocenters. The van der Waals surface area contributed by atoms with Crippen LogP contribution in [0.2, 0.25) is 0 Å². The quantitative estimate of drug-likeness (QED) is 0.592. The van der Waals surface area contributed by atoms with Gasteiger partial charge in [-0.2, -0.15) is 0 Å². The molecule has 0 amide bonds. The molecule has 1 heterocycles. The summed E-state index contributed by atoms with van der Waals surface area (Å²) in [6.45, 7) is 10.7. The minimum atomic E-state index is -4.27. The molecule has 1 aromatic carbocycles. The van der Waals surface area contributed by atoms with Crippen molar-refractivity contribution in [3.63, 3.8) is 0 Å². The summed E-state index contributed by atoms with van der Waals surface area (Å²) in [5.41, 5.74) is 0.928. The van der Waals surface area contributed by atoms with Gasteiger partial charge in [0.2, 0.25) is 0 Å². The molecule has 0 aliphatic carbocycles. The summed E-state index contributed by atoms with van der Waals surface area (Å²) in [7, 11) is -4.27. The van der Waals surface area contributed by atoms with Crippen LogP contribution in [0.25, 0.3) is 0 Å². The van der Waals surface area contributed by atoms with Crippen LogP contribution in [0.15, 0.2) is 59.8 Å². The lowest BCUT2D eigenvalue weighted by Crippen LogP contribution is -2.39.